The van der Waals surface area contributed by atoms with Gasteiger partial charge in [0.05, 0.1) is 12.1 Å². The van der Waals surface area contributed by atoms with Gasteiger partial charge in [0, 0.05) is 7.05 Å². The molecule has 0 spiro atoms. The first-order valence-electron chi connectivity index (χ1n) is 8.65. The Kier molecular flexibility index (Phi) is 4.06. The number of carbonyl (C=O) groups excluding carboxylic acids is 1. The Hall–Kier alpha value is -2.59. The van der Waals surface area contributed by atoms with Gasteiger partial charge in [-0.05, 0) is 24.1 Å². The molecule has 2 aliphatic rings. The van der Waals surface area contributed by atoms with Crippen molar-refractivity contribution in [1.82, 2.24) is 9.80 Å². The van der Waals surface area contributed by atoms with Crippen molar-refractivity contribution < 1.29 is 9.53 Å². The molecule has 0 aliphatic carbocycles. The molecule has 25 heavy (non-hydrogen) atoms. The van der Waals surface area contributed by atoms with Crippen molar-refractivity contribution in [1.29, 1.82) is 0 Å². The third-order valence-corrected chi connectivity index (χ3v) is 5.17. The van der Waals surface area contributed by atoms with Crippen molar-refractivity contribution in [3.05, 3.63) is 83.9 Å². The predicted octanol–water partition coefficient (Wildman–Crippen LogP) is 4.14. The van der Waals surface area contributed by atoms with Crippen LogP contribution in [0.4, 0.5) is 4.79 Å². The van der Waals surface area contributed by atoms with Crippen LogP contribution in [0.25, 0.3) is 0 Å². The molecule has 2 amide bonds. The number of amides is 2. The molecule has 2 aromatic rings. The monoisotopic (exact) mass is 334 g/mol. The highest BCUT2D eigenvalue weighted by atomic mass is 16.5. The van der Waals surface area contributed by atoms with E-state index in [2.05, 4.69) is 19.1 Å². The van der Waals surface area contributed by atoms with E-state index in [1.165, 1.54) is 0 Å². The zero-order chi connectivity index (χ0) is 17.4. The number of nitrogens with zero attached hydrogens (tertiary/aromatic N) is 2. The van der Waals surface area contributed by atoms with Crippen LogP contribution in [0.5, 0.6) is 0 Å². The van der Waals surface area contributed by atoms with E-state index in [0.29, 0.717) is 0 Å². The lowest BCUT2D eigenvalue weighted by Gasteiger charge is -2.30. The lowest BCUT2D eigenvalue weighted by molar-refractivity contribution is -0.0291. The fourth-order valence-corrected chi connectivity index (χ4v) is 3.70. The highest BCUT2D eigenvalue weighted by molar-refractivity contribution is 5.78. The molecule has 1 fully saturated rings. The number of hydrogen-bond acceptors (Lipinski definition) is 2. The fraction of sp³-hybridized carbons (Fsp3) is 0.286. The van der Waals surface area contributed by atoms with E-state index in [0.717, 1.165) is 11.1 Å². The maximum Gasteiger partial charge on any atom is 0.322 e. The summed E-state index contributed by atoms with van der Waals surface area (Å²) in [6, 6.07) is 20.3. The quantitative estimate of drug-likeness (QED) is 0.791. The first-order chi connectivity index (χ1) is 12.2. The molecule has 2 aliphatic heterocycles. The molecule has 4 heteroatoms. The fourth-order valence-electron chi connectivity index (χ4n) is 3.70. The van der Waals surface area contributed by atoms with Crippen LogP contribution in [-0.2, 0) is 4.74 Å². The zero-order valence-corrected chi connectivity index (χ0v) is 14.4. The highest BCUT2D eigenvalue weighted by Crippen LogP contribution is 2.39. The Morgan fingerprint density at radius 3 is 2.12 bits per heavy atom. The van der Waals surface area contributed by atoms with E-state index >= 15 is 0 Å². The SMILES string of the molecule is C[C@H]1[C@@H](c2ccccc2)N([C@@H]2C=C[C@H](c3ccccc3)O2)C(=O)N1C. The first kappa shape index (κ1) is 15.9. The van der Waals surface area contributed by atoms with Crippen molar-refractivity contribution >= 4 is 6.03 Å². The predicted molar refractivity (Wildman–Crippen MR) is 96.8 cm³/mol. The number of carbonyl (C=O) groups is 1. The van der Waals surface area contributed by atoms with E-state index in [9.17, 15) is 4.79 Å². The molecule has 0 aromatic heterocycles. The van der Waals surface area contributed by atoms with Crippen molar-refractivity contribution in [2.24, 2.45) is 0 Å². The van der Waals surface area contributed by atoms with Gasteiger partial charge in [0.2, 0.25) is 0 Å². The van der Waals surface area contributed by atoms with Gasteiger partial charge in [-0.1, -0.05) is 66.7 Å². The summed E-state index contributed by atoms with van der Waals surface area (Å²) >= 11 is 0. The number of urea groups is 1. The van der Waals surface area contributed by atoms with Gasteiger partial charge in [-0.2, -0.15) is 0 Å². The van der Waals surface area contributed by atoms with Crippen LogP contribution >= 0.6 is 0 Å². The molecule has 4 atom stereocenters. The number of rotatable bonds is 3. The Morgan fingerprint density at radius 1 is 0.880 bits per heavy atom. The molecule has 0 N–H and O–H groups in total. The van der Waals surface area contributed by atoms with Gasteiger partial charge in [-0.3, -0.25) is 4.90 Å². The molecule has 2 heterocycles. The van der Waals surface area contributed by atoms with Crippen molar-refractivity contribution in [2.45, 2.75) is 31.3 Å². The first-order valence-corrected chi connectivity index (χ1v) is 8.65. The van der Waals surface area contributed by atoms with Gasteiger partial charge < -0.3 is 9.64 Å². The van der Waals surface area contributed by atoms with Gasteiger partial charge in [0.15, 0.2) is 6.23 Å². The summed E-state index contributed by atoms with van der Waals surface area (Å²) in [7, 11) is 1.86. The zero-order valence-electron chi connectivity index (χ0n) is 14.4. The molecule has 4 rings (SSSR count). The third kappa shape index (κ3) is 2.72. The average molecular weight is 334 g/mol. The van der Waals surface area contributed by atoms with Crippen LogP contribution in [0.3, 0.4) is 0 Å². The van der Waals surface area contributed by atoms with Crippen LogP contribution in [0.1, 0.15) is 30.2 Å². The number of ether oxygens (including phenoxy) is 1. The van der Waals surface area contributed by atoms with Crippen molar-refractivity contribution in [3.63, 3.8) is 0 Å². The smallest absolute Gasteiger partial charge is 0.322 e. The molecule has 0 bridgehead atoms. The Labute approximate surface area is 148 Å². The summed E-state index contributed by atoms with van der Waals surface area (Å²) in [6.07, 6.45) is 3.57. The molecule has 0 radical (unpaired) electrons. The minimum atomic E-state index is -0.352. The summed E-state index contributed by atoms with van der Waals surface area (Å²) in [5, 5.41) is 0. The average Bonchev–Trinajstić information content (AvgIpc) is 3.22. The van der Waals surface area contributed by atoms with Gasteiger partial charge in [0.25, 0.3) is 0 Å². The largest absolute Gasteiger partial charge is 0.342 e. The number of benzene rings is 2. The van der Waals surface area contributed by atoms with Crippen LogP contribution in [-0.4, -0.2) is 35.1 Å². The minimum Gasteiger partial charge on any atom is -0.342 e. The molecular weight excluding hydrogens is 312 g/mol. The van der Waals surface area contributed by atoms with E-state index in [1.54, 1.807) is 4.90 Å². The lowest BCUT2D eigenvalue weighted by atomic mass is 10.0. The summed E-state index contributed by atoms with van der Waals surface area (Å²) in [5.41, 5.74) is 2.23. The van der Waals surface area contributed by atoms with Gasteiger partial charge in [-0.15, -0.1) is 0 Å². The summed E-state index contributed by atoms with van der Waals surface area (Å²) in [5.74, 6) is 0. The second kappa shape index (κ2) is 6.37. The molecule has 0 saturated carbocycles. The minimum absolute atomic E-state index is 0.00437. The van der Waals surface area contributed by atoms with Crippen LogP contribution < -0.4 is 0 Å². The van der Waals surface area contributed by atoms with Crippen LogP contribution in [0, 0.1) is 0 Å². The summed E-state index contributed by atoms with van der Waals surface area (Å²) in [6.45, 7) is 2.09. The highest BCUT2D eigenvalue weighted by Gasteiger charge is 2.46. The third-order valence-electron chi connectivity index (χ3n) is 5.17. The van der Waals surface area contributed by atoms with Crippen molar-refractivity contribution in [3.8, 4) is 0 Å². The number of likely N-dealkylation sites (N-methyl/N-ethyl adjacent to an activating group) is 1. The van der Waals surface area contributed by atoms with E-state index in [1.807, 2.05) is 72.6 Å². The number of hydrogen-bond donors (Lipinski definition) is 0. The van der Waals surface area contributed by atoms with Crippen molar-refractivity contribution in [2.75, 3.05) is 7.05 Å². The molecule has 0 unspecified atom stereocenters. The Balaban J connectivity index is 1.62. The molecule has 4 nitrogen and oxygen atoms in total. The maximum absolute atomic E-state index is 12.9. The Morgan fingerprint density at radius 2 is 1.48 bits per heavy atom. The van der Waals surface area contributed by atoms with Gasteiger partial charge in [-0.25, -0.2) is 4.79 Å². The summed E-state index contributed by atoms with van der Waals surface area (Å²) < 4.78 is 6.22. The van der Waals surface area contributed by atoms with Gasteiger partial charge >= 0.3 is 6.03 Å². The van der Waals surface area contributed by atoms with Gasteiger partial charge in [0.1, 0.15) is 6.10 Å². The topological polar surface area (TPSA) is 32.8 Å². The Bertz CT molecular complexity index is 775. The van der Waals surface area contributed by atoms with E-state index in [4.69, 9.17) is 4.74 Å². The standard InChI is InChI=1S/C21H22N2O2/c1-15-20(17-11-7-4-8-12-17)23(21(24)22(15)2)19-14-13-18(25-19)16-9-5-3-6-10-16/h3-15,18-20H,1-2H3/t15-,18+,19-,20-/m0/s1. The summed E-state index contributed by atoms with van der Waals surface area (Å²) in [4.78, 5) is 16.5. The lowest BCUT2D eigenvalue weighted by Crippen LogP contribution is -2.39. The second-order valence-corrected chi connectivity index (χ2v) is 6.64. The molecular formula is C21H22N2O2. The molecule has 1 saturated heterocycles. The van der Waals surface area contributed by atoms with E-state index in [-0.39, 0.29) is 30.4 Å². The molecule has 2 aromatic carbocycles. The van der Waals surface area contributed by atoms with E-state index < -0.39 is 0 Å². The second-order valence-electron chi connectivity index (χ2n) is 6.64. The normalized spacial score (nSPS) is 28.8. The maximum atomic E-state index is 12.9. The molecule has 128 valence electrons. The van der Waals surface area contributed by atoms with Crippen LogP contribution in [0.15, 0.2) is 72.8 Å². The van der Waals surface area contributed by atoms with Crippen LogP contribution in [0.2, 0.25) is 0 Å².